The van der Waals surface area contributed by atoms with Gasteiger partial charge in [0.2, 0.25) is 0 Å². The molecular weight excluding hydrogens is 289 g/mol. The van der Waals surface area contributed by atoms with E-state index in [0.29, 0.717) is 16.6 Å². The molecule has 2 aromatic carbocycles. The number of imidazole rings is 1. The van der Waals surface area contributed by atoms with Gasteiger partial charge in [0.05, 0.1) is 27.6 Å². The molecule has 0 aliphatic heterocycles. The minimum Gasteiger partial charge on any atom is -0.399 e. The number of hydrogen-bond donors (Lipinski definition) is 2. The lowest BCUT2D eigenvalue weighted by atomic mass is 10.1. The molecule has 0 fully saturated rings. The van der Waals surface area contributed by atoms with Gasteiger partial charge in [0.1, 0.15) is 5.82 Å². The number of fused-ring (bicyclic) bond motifs is 1. The van der Waals surface area contributed by atoms with Gasteiger partial charge < -0.3 is 10.7 Å². The lowest BCUT2D eigenvalue weighted by molar-refractivity contribution is 0.626. The van der Waals surface area contributed by atoms with E-state index in [2.05, 4.69) is 9.97 Å². The highest BCUT2D eigenvalue weighted by Crippen LogP contribution is 2.19. The van der Waals surface area contributed by atoms with Crippen molar-refractivity contribution < 1.29 is 8.60 Å². The summed E-state index contributed by atoms with van der Waals surface area (Å²) in [5.74, 6) is 0.00256. The van der Waals surface area contributed by atoms with Crippen molar-refractivity contribution in [3.05, 3.63) is 53.3 Å². The maximum Gasteiger partial charge on any atom is 0.197 e. The summed E-state index contributed by atoms with van der Waals surface area (Å²) in [6.45, 7) is 1.80. The molecule has 1 unspecified atom stereocenters. The fourth-order valence-electron chi connectivity index (χ4n) is 2.14. The Bertz CT molecular complexity index is 844. The van der Waals surface area contributed by atoms with Crippen LogP contribution in [0, 0.1) is 12.7 Å². The van der Waals surface area contributed by atoms with Crippen molar-refractivity contribution in [3.8, 4) is 0 Å². The van der Waals surface area contributed by atoms with Gasteiger partial charge in [0.15, 0.2) is 5.16 Å². The fraction of sp³-hybridized carbons (Fsp3) is 0.133. The number of nitrogens with zero attached hydrogens (tertiary/aromatic N) is 1. The highest BCUT2D eigenvalue weighted by Gasteiger charge is 2.12. The van der Waals surface area contributed by atoms with Crippen LogP contribution in [0.3, 0.4) is 0 Å². The summed E-state index contributed by atoms with van der Waals surface area (Å²) in [5, 5.41) is 0.402. The Morgan fingerprint density at radius 2 is 2.10 bits per heavy atom. The van der Waals surface area contributed by atoms with Crippen molar-refractivity contribution in [2.75, 3.05) is 5.73 Å². The van der Waals surface area contributed by atoms with Gasteiger partial charge >= 0.3 is 0 Å². The second kappa shape index (κ2) is 5.29. The summed E-state index contributed by atoms with van der Waals surface area (Å²) in [6.07, 6.45) is 0. The Morgan fingerprint density at radius 1 is 1.29 bits per heavy atom. The average molecular weight is 303 g/mol. The molecule has 1 heterocycles. The zero-order valence-corrected chi connectivity index (χ0v) is 12.2. The average Bonchev–Trinajstić information content (AvgIpc) is 2.85. The summed E-state index contributed by atoms with van der Waals surface area (Å²) >= 11 is 0. The number of nitrogens with one attached hydrogen (secondary N) is 1. The molecule has 1 atom stereocenters. The van der Waals surface area contributed by atoms with Gasteiger partial charge in [-0.05, 0) is 48.4 Å². The molecule has 0 amide bonds. The third-order valence-corrected chi connectivity index (χ3v) is 4.49. The Labute approximate surface area is 123 Å². The number of nitrogens with two attached hydrogens (primary N) is 1. The third kappa shape index (κ3) is 2.80. The van der Waals surface area contributed by atoms with E-state index in [4.69, 9.17) is 5.73 Å². The van der Waals surface area contributed by atoms with Gasteiger partial charge in [-0.25, -0.2) is 9.37 Å². The molecule has 3 N–H and O–H groups in total. The Hall–Kier alpha value is -2.21. The van der Waals surface area contributed by atoms with Gasteiger partial charge in [-0.3, -0.25) is 4.21 Å². The number of H-pyrrole nitrogens is 1. The maximum atomic E-state index is 13.1. The number of halogens is 1. The molecule has 0 radical (unpaired) electrons. The molecule has 0 saturated heterocycles. The quantitative estimate of drug-likeness (QED) is 0.731. The van der Waals surface area contributed by atoms with Gasteiger partial charge in [0.25, 0.3) is 0 Å². The monoisotopic (exact) mass is 303 g/mol. The molecule has 6 heteroatoms. The van der Waals surface area contributed by atoms with Crippen molar-refractivity contribution in [1.82, 2.24) is 9.97 Å². The van der Waals surface area contributed by atoms with Gasteiger partial charge in [0, 0.05) is 5.69 Å². The van der Waals surface area contributed by atoms with E-state index in [9.17, 15) is 8.60 Å². The minimum atomic E-state index is -1.32. The largest absolute Gasteiger partial charge is 0.399 e. The highest BCUT2D eigenvalue weighted by atomic mass is 32.2. The van der Waals surface area contributed by atoms with Crippen LogP contribution in [-0.4, -0.2) is 14.2 Å². The molecular formula is C15H14FN3OS. The van der Waals surface area contributed by atoms with Crippen molar-refractivity contribution in [1.29, 1.82) is 0 Å². The van der Waals surface area contributed by atoms with Gasteiger partial charge in [-0.2, -0.15) is 0 Å². The molecule has 0 spiro atoms. The van der Waals surface area contributed by atoms with Crippen LogP contribution >= 0.6 is 0 Å². The smallest absolute Gasteiger partial charge is 0.197 e. The Balaban J connectivity index is 1.89. The van der Waals surface area contributed by atoms with E-state index in [1.54, 1.807) is 31.2 Å². The number of benzene rings is 2. The Morgan fingerprint density at radius 3 is 2.86 bits per heavy atom. The van der Waals surface area contributed by atoms with Crippen LogP contribution in [0.15, 0.2) is 41.6 Å². The first-order valence-electron chi connectivity index (χ1n) is 6.41. The predicted octanol–water partition coefficient (Wildman–Crippen LogP) is 2.90. The number of aromatic amines is 1. The lowest BCUT2D eigenvalue weighted by Gasteiger charge is -2.04. The maximum absolute atomic E-state index is 13.1. The number of anilines is 1. The van der Waals surface area contributed by atoms with E-state index >= 15 is 0 Å². The van der Waals surface area contributed by atoms with Crippen molar-refractivity contribution >= 4 is 27.5 Å². The normalized spacial score (nSPS) is 12.7. The molecule has 108 valence electrons. The number of aryl methyl sites for hydroxylation is 1. The zero-order chi connectivity index (χ0) is 15.0. The minimum absolute atomic E-state index is 0.291. The second-order valence-corrected chi connectivity index (χ2v) is 6.25. The van der Waals surface area contributed by atoms with E-state index in [1.807, 2.05) is 0 Å². The van der Waals surface area contributed by atoms with Crippen LogP contribution in [0.4, 0.5) is 10.1 Å². The first-order valence-corrected chi connectivity index (χ1v) is 7.73. The molecule has 21 heavy (non-hydrogen) atoms. The molecule has 4 nitrogen and oxygen atoms in total. The molecule has 0 aliphatic rings. The molecule has 3 aromatic rings. The topological polar surface area (TPSA) is 71.8 Å². The van der Waals surface area contributed by atoms with Crippen LogP contribution in [0.2, 0.25) is 0 Å². The number of rotatable bonds is 3. The summed E-state index contributed by atoms with van der Waals surface area (Å²) < 4.78 is 25.5. The van der Waals surface area contributed by atoms with E-state index in [-0.39, 0.29) is 5.82 Å². The van der Waals surface area contributed by atoms with Crippen LogP contribution < -0.4 is 5.73 Å². The van der Waals surface area contributed by atoms with Crippen LogP contribution in [0.25, 0.3) is 11.0 Å². The molecule has 1 aromatic heterocycles. The fourth-order valence-corrected chi connectivity index (χ4v) is 3.31. The molecule has 0 aliphatic carbocycles. The van der Waals surface area contributed by atoms with E-state index in [0.717, 1.165) is 22.2 Å². The third-order valence-electron chi connectivity index (χ3n) is 3.29. The van der Waals surface area contributed by atoms with Crippen LogP contribution in [-0.2, 0) is 16.6 Å². The van der Waals surface area contributed by atoms with Crippen molar-refractivity contribution in [2.24, 2.45) is 0 Å². The number of hydrogen-bond acceptors (Lipinski definition) is 3. The predicted molar refractivity (Wildman–Crippen MR) is 81.8 cm³/mol. The number of aromatic nitrogens is 2. The van der Waals surface area contributed by atoms with Gasteiger partial charge in [-0.15, -0.1) is 0 Å². The molecule has 0 bridgehead atoms. The summed E-state index contributed by atoms with van der Waals surface area (Å²) in [6, 6.07) is 9.76. The van der Waals surface area contributed by atoms with E-state index < -0.39 is 10.8 Å². The standard InChI is InChI=1S/C15H14FN3OS/c1-9-6-11(16)3-2-10(9)8-21(20)15-18-13-5-4-12(17)7-14(13)19-15/h2-7H,8,17H2,1H3,(H,18,19). The summed E-state index contributed by atoms with van der Waals surface area (Å²) in [5.41, 5.74) is 9.44. The van der Waals surface area contributed by atoms with Gasteiger partial charge in [-0.1, -0.05) is 6.07 Å². The van der Waals surface area contributed by atoms with Crippen LogP contribution in [0.1, 0.15) is 11.1 Å². The number of nitrogen functional groups attached to an aromatic ring is 1. The van der Waals surface area contributed by atoms with E-state index in [1.165, 1.54) is 12.1 Å². The van der Waals surface area contributed by atoms with Crippen molar-refractivity contribution in [3.63, 3.8) is 0 Å². The Kier molecular flexibility index (Phi) is 3.47. The lowest BCUT2D eigenvalue weighted by Crippen LogP contribution is -2.00. The first kappa shape index (κ1) is 13.8. The second-order valence-electron chi connectivity index (χ2n) is 4.88. The summed E-state index contributed by atoms with van der Waals surface area (Å²) in [4.78, 5) is 7.33. The first-order chi connectivity index (χ1) is 10.0. The van der Waals surface area contributed by atoms with Crippen molar-refractivity contribution in [2.45, 2.75) is 17.8 Å². The highest BCUT2D eigenvalue weighted by molar-refractivity contribution is 7.84. The molecule has 3 rings (SSSR count). The molecule has 0 saturated carbocycles. The van der Waals surface area contributed by atoms with Crippen LogP contribution in [0.5, 0.6) is 0 Å². The SMILES string of the molecule is Cc1cc(F)ccc1CS(=O)c1nc2ccc(N)cc2[nH]1. The zero-order valence-electron chi connectivity index (χ0n) is 11.4. The summed E-state index contributed by atoms with van der Waals surface area (Å²) in [7, 11) is -1.32.